The molecule has 0 aliphatic heterocycles. The van der Waals surface area contributed by atoms with Crippen molar-refractivity contribution in [2.75, 3.05) is 13.2 Å². The molecule has 0 saturated heterocycles. The van der Waals surface area contributed by atoms with Crippen LogP contribution in [-0.4, -0.2) is 19.3 Å². The molecule has 102 valence electrons. The van der Waals surface area contributed by atoms with Crippen molar-refractivity contribution in [3.8, 4) is 0 Å². The van der Waals surface area contributed by atoms with Gasteiger partial charge in [-0.2, -0.15) is 0 Å². The van der Waals surface area contributed by atoms with Crippen LogP contribution in [0.25, 0.3) is 0 Å². The van der Waals surface area contributed by atoms with Crippen LogP contribution in [0.2, 0.25) is 0 Å². The lowest BCUT2D eigenvalue weighted by molar-refractivity contribution is 0.0193. The minimum Gasteiger partial charge on any atom is -0.376 e. The van der Waals surface area contributed by atoms with Gasteiger partial charge in [-0.15, -0.1) is 11.3 Å². The quantitative estimate of drug-likeness (QED) is 0.763. The van der Waals surface area contributed by atoms with Crippen LogP contribution in [0.15, 0.2) is 15.9 Å². The molecular formula is C14H22BrNOS. The molecule has 1 aliphatic rings. The van der Waals surface area contributed by atoms with Gasteiger partial charge >= 0.3 is 0 Å². The Balaban J connectivity index is 2.14. The van der Waals surface area contributed by atoms with Crippen LogP contribution in [-0.2, 0) is 4.74 Å². The van der Waals surface area contributed by atoms with Crippen molar-refractivity contribution in [1.29, 1.82) is 0 Å². The first-order valence-corrected chi connectivity index (χ1v) is 8.53. The van der Waals surface area contributed by atoms with Crippen LogP contribution in [0.4, 0.5) is 0 Å². The Morgan fingerprint density at radius 1 is 1.50 bits per heavy atom. The van der Waals surface area contributed by atoms with Gasteiger partial charge in [0.15, 0.2) is 0 Å². The third-order valence-electron chi connectivity index (χ3n) is 3.32. The van der Waals surface area contributed by atoms with Gasteiger partial charge in [0.2, 0.25) is 0 Å². The molecular weight excluding hydrogens is 310 g/mol. The second kappa shape index (κ2) is 7.04. The van der Waals surface area contributed by atoms with Gasteiger partial charge in [-0.1, -0.05) is 6.92 Å². The number of nitrogens with one attached hydrogen (secondary N) is 1. The molecule has 1 aromatic rings. The Labute approximate surface area is 122 Å². The maximum absolute atomic E-state index is 6.03. The summed E-state index contributed by atoms with van der Waals surface area (Å²) in [5.74, 6) is 0.744. The minimum absolute atomic E-state index is 0.330. The van der Waals surface area contributed by atoms with E-state index >= 15 is 0 Å². The maximum atomic E-state index is 6.03. The van der Waals surface area contributed by atoms with E-state index in [1.54, 1.807) is 0 Å². The summed E-state index contributed by atoms with van der Waals surface area (Å²) in [5.41, 5.74) is 0. The van der Waals surface area contributed by atoms with E-state index in [9.17, 15) is 0 Å². The molecule has 0 radical (unpaired) electrons. The SMILES string of the molecule is CCCNC(c1sccc1Br)C(OCC)C1CC1. The molecule has 1 aliphatic carbocycles. The predicted molar refractivity (Wildman–Crippen MR) is 81.2 cm³/mol. The van der Waals surface area contributed by atoms with Gasteiger partial charge in [0.05, 0.1) is 12.1 Å². The van der Waals surface area contributed by atoms with E-state index in [1.807, 2.05) is 11.3 Å². The summed E-state index contributed by atoms with van der Waals surface area (Å²) < 4.78 is 7.24. The van der Waals surface area contributed by atoms with Crippen LogP contribution in [0.5, 0.6) is 0 Å². The van der Waals surface area contributed by atoms with Gasteiger partial charge in [-0.25, -0.2) is 0 Å². The van der Waals surface area contributed by atoms with E-state index in [0.29, 0.717) is 12.1 Å². The zero-order valence-corrected chi connectivity index (χ0v) is 13.5. The highest BCUT2D eigenvalue weighted by Crippen LogP contribution is 2.42. The van der Waals surface area contributed by atoms with Crippen molar-refractivity contribution in [1.82, 2.24) is 5.32 Å². The van der Waals surface area contributed by atoms with Crippen molar-refractivity contribution in [2.24, 2.45) is 5.92 Å². The van der Waals surface area contributed by atoms with Crippen LogP contribution in [0, 0.1) is 5.92 Å². The van der Waals surface area contributed by atoms with Crippen LogP contribution < -0.4 is 5.32 Å². The molecule has 2 atom stereocenters. The van der Waals surface area contributed by atoms with Crippen molar-refractivity contribution in [3.63, 3.8) is 0 Å². The third-order valence-corrected chi connectivity index (χ3v) is 5.27. The summed E-state index contributed by atoms with van der Waals surface area (Å²) in [4.78, 5) is 1.38. The zero-order chi connectivity index (χ0) is 13.0. The Hall–Kier alpha value is 0.1000. The maximum Gasteiger partial charge on any atom is 0.0806 e. The second-order valence-electron chi connectivity index (χ2n) is 4.82. The zero-order valence-electron chi connectivity index (χ0n) is 11.1. The molecule has 4 heteroatoms. The average molecular weight is 332 g/mol. The fourth-order valence-corrected chi connectivity index (χ4v) is 4.04. The van der Waals surface area contributed by atoms with Gasteiger partial charge in [0.25, 0.3) is 0 Å². The highest BCUT2D eigenvalue weighted by Gasteiger charge is 2.38. The molecule has 2 rings (SSSR count). The van der Waals surface area contributed by atoms with E-state index in [-0.39, 0.29) is 0 Å². The largest absolute Gasteiger partial charge is 0.376 e. The van der Waals surface area contributed by atoms with Crippen molar-refractivity contribution in [3.05, 3.63) is 20.8 Å². The van der Waals surface area contributed by atoms with E-state index in [2.05, 4.69) is 46.5 Å². The third kappa shape index (κ3) is 3.56. The van der Waals surface area contributed by atoms with E-state index in [0.717, 1.165) is 25.5 Å². The Kier molecular flexibility index (Phi) is 5.67. The lowest BCUT2D eigenvalue weighted by Gasteiger charge is -2.28. The molecule has 2 nitrogen and oxygen atoms in total. The van der Waals surface area contributed by atoms with E-state index < -0.39 is 0 Å². The number of thiophene rings is 1. The lowest BCUT2D eigenvalue weighted by Crippen LogP contribution is -2.35. The topological polar surface area (TPSA) is 21.3 Å². The molecule has 1 heterocycles. The molecule has 0 bridgehead atoms. The van der Waals surface area contributed by atoms with E-state index in [4.69, 9.17) is 4.74 Å². The lowest BCUT2D eigenvalue weighted by atomic mass is 10.0. The summed E-state index contributed by atoms with van der Waals surface area (Å²) >= 11 is 5.48. The first-order valence-electron chi connectivity index (χ1n) is 6.85. The number of halogens is 1. The van der Waals surface area contributed by atoms with Gasteiger partial charge in [-0.3, -0.25) is 0 Å². The number of rotatable bonds is 8. The first-order chi connectivity index (χ1) is 8.77. The molecule has 1 saturated carbocycles. The number of ether oxygens (including phenoxy) is 1. The van der Waals surface area contributed by atoms with Crippen molar-refractivity contribution >= 4 is 27.3 Å². The van der Waals surface area contributed by atoms with Gasteiger partial charge in [0, 0.05) is 16.0 Å². The normalized spacial score (nSPS) is 18.8. The highest BCUT2D eigenvalue weighted by molar-refractivity contribution is 9.10. The van der Waals surface area contributed by atoms with Crippen molar-refractivity contribution in [2.45, 2.75) is 45.3 Å². The standard InChI is InChI=1S/C14H22BrNOS/c1-3-8-16-12(14-11(15)7-9-18-14)13(17-4-2)10-5-6-10/h7,9-10,12-13,16H,3-6,8H2,1-2H3. The van der Waals surface area contributed by atoms with Crippen molar-refractivity contribution < 1.29 is 4.74 Å². The Morgan fingerprint density at radius 3 is 2.78 bits per heavy atom. The molecule has 2 unspecified atom stereocenters. The fraction of sp³-hybridized carbons (Fsp3) is 0.714. The van der Waals surface area contributed by atoms with Crippen LogP contribution >= 0.6 is 27.3 Å². The predicted octanol–water partition coefficient (Wildman–Crippen LogP) is 4.37. The summed E-state index contributed by atoms with van der Waals surface area (Å²) in [6.45, 7) is 6.15. The Morgan fingerprint density at radius 2 is 2.28 bits per heavy atom. The van der Waals surface area contributed by atoms with Crippen LogP contribution in [0.3, 0.4) is 0 Å². The summed E-state index contributed by atoms with van der Waals surface area (Å²) in [6, 6.07) is 2.48. The number of hydrogen-bond donors (Lipinski definition) is 1. The molecule has 1 fully saturated rings. The molecule has 0 aromatic carbocycles. The van der Waals surface area contributed by atoms with Gasteiger partial charge < -0.3 is 10.1 Å². The molecule has 0 amide bonds. The summed E-state index contributed by atoms with van der Waals surface area (Å²) in [6.07, 6.45) is 4.12. The van der Waals surface area contributed by atoms with Gasteiger partial charge in [-0.05, 0) is 66.0 Å². The second-order valence-corrected chi connectivity index (χ2v) is 6.62. The minimum atomic E-state index is 0.330. The number of hydrogen-bond acceptors (Lipinski definition) is 3. The molecule has 0 spiro atoms. The smallest absolute Gasteiger partial charge is 0.0806 e. The summed E-state index contributed by atoms with van der Waals surface area (Å²) in [7, 11) is 0. The monoisotopic (exact) mass is 331 g/mol. The van der Waals surface area contributed by atoms with E-state index in [1.165, 1.54) is 22.2 Å². The average Bonchev–Trinajstić information content (AvgIpc) is 3.12. The van der Waals surface area contributed by atoms with Gasteiger partial charge in [0.1, 0.15) is 0 Å². The first kappa shape index (κ1) is 14.5. The highest BCUT2D eigenvalue weighted by atomic mass is 79.9. The Bertz CT molecular complexity index is 364. The fourth-order valence-electron chi connectivity index (χ4n) is 2.31. The molecule has 1 N–H and O–H groups in total. The van der Waals surface area contributed by atoms with Crippen LogP contribution in [0.1, 0.15) is 44.0 Å². The summed E-state index contributed by atoms with van der Waals surface area (Å²) in [5, 5.41) is 5.82. The molecule has 18 heavy (non-hydrogen) atoms. The molecule has 1 aromatic heterocycles.